The number of carbonyl (C=O) groups excluding carboxylic acids is 2. The SMILES string of the molecule is C=CCOc1ccc(C(=O)NNC(=O)Cc2ccccc2)cc1. The third-order valence-electron chi connectivity index (χ3n) is 3.01. The number of carbonyl (C=O) groups is 2. The van der Waals surface area contributed by atoms with Gasteiger partial charge < -0.3 is 4.74 Å². The Hall–Kier alpha value is -3.08. The van der Waals surface area contributed by atoms with Crippen molar-refractivity contribution in [2.45, 2.75) is 6.42 Å². The summed E-state index contributed by atoms with van der Waals surface area (Å²) >= 11 is 0. The molecule has 0 radical (unpaired) electrons. The van der Waals surface area contributed by atoms with Gasteiger partial charge in [0, 0.05) is 5.56 Å². The maximum Gasteiger partial charge on any atom is 0.269 e. The van der Waals surface area contributed by atoms with Crippen molar-refractivity contribution in [1.82, 2.24) is 10.9 Å². The molecule has 2 aromatic carbocycles. The smallest absolute Gasteiger partial charge is 0.269 e. The molecule has 5 nitrogen and oxygen atoms in total. The van der Waals surface area contributed by atoms with Crippen LogP contribution in [-0.2, 0) is 11.2 Å². The monoisotopic (exact) mass is 310 g/mol. The summed E-state index contributed by atoms with van der Waals surface area (Å²) in [7, 11) is 0. The minimum atomic E-state index is -0.387. The Morgan fingerprint density at radius 2 is 1.70 bits per heavy atom. The number of hydrazine groups is 1. The molecule has 5 heteroatoms. The van der Waals surface area contributed by atoms with E-state index in [9.17, 15) is 9.59 Å². The number of amides is 2. The van der Waals surface area contributed by atoms with Gasteiger partial charge in [0.15, 0.2) is 0 Å². The van der Waals surface area contributed by atoms with Crippen molar-refractivity contribution in [2.75, 3.05) is 6.61 Å². The second kappa shape index (κ2) is 8.38. The maximum atomic E-state index is 11.9. The fourth-order valence-electron chi connectivity index (χ4n) is 1.88. The molecule has 0 bridgehead atoms. The first-order valence-electron chi connectivity index (χ1n) is 7.16. The molecule has 2 rings (SSSR count). The second-order valence-electron chi connectivity index (χ2n) is 4.79. The molecule has 0 atom stereocenters. The summed E-state index contributed by atoms with van der Waals surface area (Å²) in [5, 5.41) is 0. The van der Waals surface area contributed by atoms with E-state index in [1.807, 2.05) is 30.3 Å². The third-order valence-corrected chi connectivity index (χ3v) is 3.01. The lowest BCUT2D eigenvalue weighted by atomic mass is 10.1. The summed E-state index contributed by atoms with van der Waals surface area (Å²) in [5.41, 5.74) is 6.09. The van der Waals surface area contributed by atoms with Gasteiger partial charge in [0.05, 0.1) is 6.42 Å². The fourth-order valence-corrected chi connectivity index (χ4v) is 1.88. The zero-order valence-corrected chi connectivity index (χ0v) is 12.6. The van der Waals surface area contributed by atoms with Crippen LogP contribution in [0.1, 0.15) is 15.9 Å². The molecule has 0 saturated carbocycles. The number of hydrogen-bond donors (Lipinski definition) is 2. The largest absolute Gasteiger partial charge is 0.490 e. The molecule has 0 saturated heterocycles. The van der Waals surface area contributed by atoms with Gasteiger partial charge in [0.2, 0.25) is 5.91 Å². The molecule has 2 aromatic rings. The molecule has 0 fully saturated rings. The molecule has 2 amide bonds. The molecule has 0 aromatic heterocycles. The van der Waals surface area contributed by atoms with Crippen LogP contribution in [0.15, 0.2) is 67.3 Å². The van der Waals surface area contributed by atoms with Gasteiger partial charge in [-0.3, -0.25) is 20.4 Å². The van der Waals surface area contributed by atoms with E-state index in [0.717, 1.165) is 5.56 Å². The van der Waals surface area contributed by atoms with E-state index in [1.54, 1.807) is 30.3 Å². The van der Waals surface area contributed by atoms with Crippen LogP contribution in [0.3, 0.4) is 0 Å². The van der Waals surface area contributed by atoms with Crippen molar-refractivity contribution < 1.29 is 14.3 Å². The average molecular weight is 310 g/mol. The molecule has 0 aliphatic heterocycles. The zero-order chi connectivity index (χ0) is 16.5. The van der Waals surface area contributed by atoms with Crippen molar-refractivity contribution in [3.05, 3.63) is 78.4 Å². The predicted octanol–water partition coefficient (Wildman–Crippen LogP) is 2.26. The van der Waals surface area contributed by atoms with E-state index in [4.69, 9.17) is 4.74 Å². The molecule has 0 spiro atoms. The molecule has 0 heterocycles. The van der Waals surface area contributed by atoms with Crippen LogP contribution in [-0.4, -0.2) is 18.4 Å². The van der Waals surface area contributed by atoms with Crippen molar-refractivity contribution in [3.8, 4) is 5.75 Å². The summed E-state index contributed by atoms with van der Waals surface area (Å²) < 4.78 is 5.33. The van der Waals surface area contributed by atoms with Gasteiger partial charge in [0.25, 0.3) is 5.91 Å². The average Bonchev–Trinajstić information content (AvgIpc) is 2.59. The maximum absolute atomic E-state index is 11.9. The van der Waals surface area contributed by atoms with Gasteiger partial charge in [-0.2, -0.15) is 0 Å². The lowest BCUT2D eigenvalue weighted by molar-refractivity contribution is -0.121. The van der Waals surface area contributed by atoms with Crippen LogP contribution >= 0.6 is 0 Å². The van der Waals surface area contributed by atoms with E-state index >= 15 is 0 Å². The Labute approximate surface area is 134 Å². The van der Waals surface area contributed by atoms with Gasteiger partial charge in [-0.05, 0) is 29.8 Å². The van der Waals surface area contributed by atoms with Crippen LogP contribution in [0.25, 0.3) is 0 Å². The quantitative estimate of drug-likeness (QED) is 0.635. The summed E-state index contributed by atoms with van der Waals surface area (Å²) in [6, 6.07) is 15.9. The van der Waals surface area contributed by atoms with Gasteiger partial charge in [-0.1, -0.05) is 43.0 Å². The molecule has 23 heavy (non-hydrogen) atoms. The highest BCUT2D eigenvalue weighted by atomic mass is 16.5. The molecule has 0 aliphatic carbocycles. The Morgan fingerprint density at radius 3 is 2.35 bits per heavy atom. The number of rotatable bonds is 6. The van der Waals surface area contributed by atoms with Crippen LogP contribution < -0.4 is 15.6 Å². The Kier molecular flexibility index (Phi) is 5.94. The van der Waals surface area contributed by atoms with Gasteiger partial charge in [0.1, 0.15) is 12.4 Å². The summed E-state index contributed by atoms with van der Waals surface area (Å²) in [6.07, 6.45) is 1.85. The number of hydrogen-bond acceptors (Lipinski definition) is 3. The van der Waals surface area contributed by atoms with Crippen LogP contribution in [0.4, 0.5) is 0 Å². The standard InChI is InChI=1S/C18H18N2O3/c1-2-12-23-16-10-8-15(9-11-16)18(22)20-19-17(21)13-14-6-4-3-5-7-14/h2-11H,1,12-13H2,(H,19,21)(H,20,22). The molecular formula is C18H18N2O3. The van der Waals surface area contributed by atoms with E-state index in [2.05, 4.69) is 17.4 Å². The molecule has 2 N–H and O–H groups in total. The fraction of sp³-hybridized carbons (Fsp3) is 0.111. The summed E-state index contributed by atoms with van der Waals surface area (Å²) in [4.78, 5) is 23.7. The first kappa shape index (κ1) is 16.3. The van der Waals surface area contributed by atoms with Gasteiger partial charge in [-0.25, -0.2) is 0 Å². The van der Waals surface area contributed by atoms with Crippen LogP contribution in [0.5, 0.6) is 5.75 Å². The molecule has 0 unspecified atom stereocenters. The molecule has 0 aliphatic rings. The first-order valence-corrected chi connectivity index (χ1v) is 7.16. The summed E-state index contributed by atoms with van der Waals surface area (Å²) in [6.45, 7) is 3.97. The highest BCUT2D eigenvalue weighted by Gasteiger charge is 2.08. The van der Waals surface area contributed by atoms with Crippen molar-refractivity contribution in [3.63, 3.8) is 0 Å². The number of ether oxygens (including phenoxy) is 1. The highest BCUT2D eigenvalue weighted by Crippen LogP contribution is 2.11. The predicted molar refractivity (Wildman–Crippen MR) is 87.9 cm³/mol. The van der Waals surface area contributed by atoms with Gasteiger partial charge >= 0.3 is 0 Å². The van der Waals surface area contributed by atoms with E-state index < -0.39 is 0 Å². The highest BCUT2D eigenvalue weighted by molar-refractivity contribution is 5.95. The first-order chi connectivity index (χ1) is 11.2. The van der Waals surface area contributed by atoms with E-state index in [-0.39, 0.29) is 18.2 Å². The lowest BCUT2D eigenvalue weighted by Crippen LogP contribution is -2.42. The normalized spacial score (nSPS) is 9.74. The Balaban J connectivity index is 1.82. The minimum Gasteiger partial charge on any atom is -0.490 e. The van der Waals surface area contributed by atoms with E-state index in [1.165, 1.54) is 0 Å². The molecular weight excluding hydrogens is 292 g/mol. The van der Waals surface area contributed by atoms with Crippen molar-refractivity contribution in [1.29, 1.82) is 0 Å². The van der Waals surface area contributed by atoms with Crippen molar-refractivity contribution >= 4 is 11.8 Å². The third kappa shape index (κ3) is 5.32. The lowest BCUT2D eigenvalue weighted by Gasteiger charge is -2.08. The Morgan fingerprint density at radius 1 is 1.00 bits per heavy atom. The van der Waals surface area contributed by atoms with Gasteiger partial charge in [-0.15, -0.1) is 0 Å². The number of nitrogens with one attached hydrogen (secondary N) is 2. The minimum absolute atomic E-state index is 0.204. The topological polar surface area (TPSA) is 67.4 Å². The van der Waals surface area contributed by atoms with Crippen molar-refractivity contribution in [2.24, 2.45) is 0 Å². The van der Waals surface area contributed by atoms with Crippen LogP contribution in [0, 0.1) is 0 Å². The summed E-state index contributed by atoms with van der Waals surface area (Å²) in [5.74, 6) is -0.0215. The van der Waals surface area contributed by atoms with Crippen LogP contribution in [0.2, 0.25) is 0 Å². The van der Waals surface area contributed by atoms with E-state index in [0.29, 0.717) is 17.9 Å². The Bertz CT molecular complexity index is 666. The second-order valence-corrected chi connectivity index (χ2v) is 4.79. The number of benzene rings is 2. The zero-order valence-electron chi connectivity index (χ0n) is 12.6. The molecule has 118 valence electrons.